The smallest absolute Gasteiger partial charge is 0.376 e. The highest BCUT2D eigenvalue weighted by atomic mass is 32.2. The Hall–Kier alpha value is -2.67. The molecule has 6 nitrogen and oxygen atoms in total. The highest BCUT2D eigenvalue weighted by Crippen LogP contribution is 2.32. The van der Waals surface area contributed by atoms with Crippen LogP contribution in [-0.4, -0.2) is 29.2 Å². The molecule has 1 aliphatic heterocycles. The Balaban J connectivity index is 1.48. The van der Waals surface area contributed by atoms with E-state index in [1.165, 1.54) is 29.8 Å². The number of amides is 1. The third kappa shape index (κ3) is 3.77. The Labute approximate surface area is 155 Å². The van der Waals surface area contributed by atoms with E-state index in [1.54, 1.807) is 11.8 Å². The number of hydrogen-bond donors (Lipinski definition) is 2. The number of aromatic nitrogens is 2. The molecule has 0 aliphatic carbocycles. The Bertz CT molecular complexity index is 917. The van der Waals surface area contributed by atoms with E-state index in [9.17, 15) is 4.79 Å². The number of primary amides is 1. The number of rotatable bonds is 4. The summed E-state index contributed by atoms with van der Waals surface area (Å²) in [6.07, 6.45) is 3.02. The number of piperidine rings is 1. The first kappa shape index (κ1) is 16.8. The molecular weight excluding hydrogens is 348 g/mol. The second kappa shape index (κ2) is 7.29. The topological polar surface area (TPSA) is 84.2 Å². The van der Waals surface area contributed by atoms with Crippen molar-refractivity contribution in [1.29, 1.82) is 0 Å². The number of ether oxygens (including phenoxy) is 1. The molecule has 1 aromatic heterocycles. The van der Waals surface area contributed by atoms with Crippen LogP contribution in [0.4, 0.5) is 10.5 Å². The van der Waals surface area contributed by atoms with Gasteiger partial charge in [0, 0.05) is 28.6 Å². The van der Waals surface area contributed by atoms with Crippen molar-refractivity contribution in [3.8, 4) is 6.01 Å². The molecule has 3 aromatic rings. The zero-order valence-corrected chi connectivity index (χ0v) is 15.1. The van der Waals surface area contributed by atoms with Gasteiger partial charge in [0.15, 0.2) is 0 Å². The van der Waals surface area contributed by atoms with Gasteiger partial charge < -0.3 is 20.4 Å². The number of anilines is 1. The van der Waals surface area contributed by atoms with Crippen LogP contribution in [-0.2, 0) is 0 Å². The maximum absolute atomic E-state index is 10.8. The number of nitrogens with zero attached hydrogens (tertiary/aromatic N) is 2. The summed E-state index contributed by atoms with van der Waals surface area (Å²) < 4.78 is 4.79. The summed E-state index contributed by atoms with van der Waals surface area (Å²) in [6.45, 7) is 2.30. The van der Waals surface area contributed by atoms with Gasteiger partial charge in [-0.05, 0) is 61.7 Å². The molecule has 1 fully saturated rings. The van der Waals surface area contributed by atoms with Crippen LogP contribution in [0.15, 0.2) is 52.3 Å². The van der Waals surface area contributed by atoms with Gasteiger partial charge in [-0.3, -0.25) is 0 Å². The van der Waals surface area contributed by atoms with Gasteiger partial charge >= 0.3 is 12.1 Å². The zero-order valence-electron chi connectivity index (χ0n) is 14.3. The molecule has 0 atom stereocenters. The fraction of sp³-hybridized carbons (Fsp3) is 0.263. The lowest BCUT2D eigenvalue weighted by Crippen LogP contribution is -2.29. The molecule has 7 heteroatoms. The first-order chi connectivity index (χ1) is 12.7. The SMILES string of the molecule is NC(=O)Oc1nc2cc(Sc3ccc(N4CCCCC4)cc3)ccc2[nH]1. The molecule has 1 saturated heterocycles. The van der Waals surface area contributed by atoms with Crippen molar-refractivity contribution in [2.24, 2.45) is 5.73 Å². The van der Waals surface area contributed by atoms with Crippen LogP contribution in [0.2, 0.25) is 0 Å². The van der Waals surface area contributed by atoms with E-state index in [1.807, 2.05) is 18.2 Å². The largest absolute Gasteiger partial charge is 0.412 e. The summed E-state index contributed by atoms with van der Waals surface area (Å²) in [5.41, 5.74) is 7.84. The average Bonchev–Trinajstić information content (AvgIpc) is 3.04. The summed E-state index contributed by atoms with van der Waals surface area (Å²) in [4.78, 5) is 22.7. The van der Waals surface area contributed by atoms with E-state index in [0.29, 0.717) is 0 Å². The summed E-state index contributed by atoms with van der Waals surface area (Å²) in [7, 11) is 0. The number of carbonyl (C=O) groups is 1. The minimum Gasteiger partial charge on any atom is -0.376 e. The molecule has 26 heavy (non-hydrogen) atoms. The second-order valence-corrected chi connectivity index (χ2v) is 7.43. The Morgan fingerprint density at radius 3 is 2.54 bits per heavy atom. The Morgan fingerprint density at radius 2 is 1.81 bits per heavy atom. The summed E-state index contributed by atoms with van der Waals surface area (Å²) in [5.74, 6) is 0. The molecule has 0 spiro atoms. The van der Waals surface area contributed by atoms with Crippen LogP contribution in [0.25, 0.3) is 11.0 Å². The molecule has 134 valence electrons. The number of nitrogens with two attached hydrogens (primary N) is 1. The molecule has 0 bridgehead atoms. The van der Waals surface area contributed by atoms with Crippen molar-refractivity contribution in [1.82, 2.24) is 9.97 Å². The van der Waals surface area contributed by atoms with E-state index in [0.717, 1.165) is 29.0 Å². The van der Waals surface area contributed by atoms with E-state index in [2.05, 4.69) is 39.1 Å². The van der Waals surface area contributed by atoms with Crippen LogP contribution >= 0.6 is 11.8 Å². The molecule has 2 aromatic carbocycles. The fourth-order valence-electron chi connectivity index (χ4n) is 3.18. The lowest BCUT2D eigenvalue weighted by Gasteiger charge is -2.28. The third-order valence-corrected chi connectivity index (χ3v) is 5.42. The molecular formula is C19H20N4O2S. The summed E-state index contributed by atoms with van der Waals surface area (Å²) in [6, 6.07) is 14.7. The molecule has 0 unspecified atom stereocenters. The van der Waals surface area contributed by atoms with Gasteiger partial charge in [0.2, 0.25) is 0 Å². The second-order valence-electron chi connectivity index (χ2n) is 6.29. The highest BCUT2D eigenvalue weighted by Gasteiger charge is 2.11. The van der Waals surface area contributed by atoms with Crippen molar-refractivity contribution in [3.63, 3.8) is 0 Å². The van der Waals surface area contributed by atoms with Crippen molar-refractivity contribution < 1.29 is 9.53 Å². The minimum atomic E-state index is -0.882. The number of imidazole rings is 1. The minimum absolute atomic E-state index is 0.112. The monoisotopic (exact) mass is 368 g/mol. The van der Waals surface area contributed by atoms with Crippen LogP contribution in [0.5, 0.6) is 6.01 Å². The fourth-order valence-corrected chi connectivity index (χ4v) is 4.03. The number of hydrogen-bond acceptors (Lipinski definition) is 5. The highest BCUT2D eigenvalue weighted by molar-refractivity contribution is 7.99. The number of aromatic amines is 1. The quantitative estimate of drug-likeness (QED) is 0.722. The number of fused-ring (bicyclic) bond motifs is 1. The predicted octanol–water partition coefficient (Wildman–Crippen LogP) is 4.16. The maximum Gasteiger partial charge on any atom is 0.412 e. The first-order valence-corrected chi connectivity index (χ1v) is 9.49. The lowest BCUT2D eigenvalue weighted by molar-refractivity contribution is 0.207. The van der Waals surface area contributed by atoms with Crippen molar-refractivity contribution in [2.75, 3.05) is 18.0 Å². The molecule has 2 heterocycles. The van der Waals surface area contributed by atoms with E-state index in [4.69, 9.17) is 10.5 Å². The van der Waals surface area contributed by atoms with E-state index < -0.39 is 6.09 Å². The number of carbonyl (C=O) groups excluding carboxylic acids is 1. The molecule has 0 saturated carbocycles. The third-order valence-electron chi connectivity index (χ3n) is 4.42. The molecule has 0 radical (unpaired) electrons. The van der Waals surface area contributed by atoms with Crippen LogP contribution in [0, 0.1) is 0 Å². The van der Waals surface area contributed by atoms with E-state index in [-0.39, 0.29) is 6.01 Å². The lowest BCUT2D eigenvalue weighted by atomic mass is 10.1. The zero-order chi connectivity index (χ0) is 17.9. The molecule has 3 N–H and O–H groups in total. The van der Waals surface area contributed by atoms with Crippen LogP contribution in [0.3, 0.4) is 0 Å². The van der Waals surface area contributed by atoms with Gasteiger partial charge in [-0.15, -0.1) is 0 Å². The first-order valence-electron chi connectivity index (χ1n) is 8.67. The number of benzene rings is 2. The van der Waals surface area contributed by atoms with Gasteiger partial charge in [0.1, 0.15) is 0 Å². The normalized spacial score (nSPS) is 14.5. The molecule has 1 aliphatic rings. The van der Waals surface area contributed by atoms with Crippen LogP contribution < -0.4 is 15.4 Å². The summed E-state index contributed by atoms with van der Waals surface area (Å²) >= 11 is 1.68. The Morgan fingerprint density at radius 1 is 1.08 bits per heavy atom. The standard InChI is InChI=1S/C19H20N4O2S/c20-18(24)25-19-21-16-9-8-15(12-17(16)22-19)26-14-6-4-13(5-7-14)23-10-2-1-3-11-23/h4-9,12H,1-3,10-11H2,(H2,20,24)(H,21,22). The number of H-pyrrole nitrogens is 1. The van der Waals surface area contributed by atoms with Crippen LogP contribution in [0.1, 0.15) is 19.3 Å². The predicted molar refractivity (Wildman–Crippen MR) is 103 cm³/mol. The number of nitrogens with one attached hydrogen (secondary N) is 1. The van der Waals surface area contributed by atoms with E-state index >= 15 is 0 Å². The van der Waals surface area contributed by atoms with Gasteiger partial charge in [0.25, 0.3) is 0 Å². The average molecular weight is 368 g/mol. The van der Waals surface area contributed by atoms with Gasteiger partial charge in [-0.2, -0.15) is 4.98 Å². The molecule has 1 amide bonds. The van der Waals surface area contributed by atoms with Gasteiger partial charge in [0.05, 0.1) is 11.0 Å². The maximum atomic E-state index is 10.8. The van der Waals surface area contributed by atoms with Crippen molar-refractivity contribution in [2.45, 2.75) is 29.1 Å². The van der Waals surface area contributed by atoms with Gasteiger partial charge in [-0.25, -0.2) is 4.79 Å². The molecule has 4 rings (SSSR count). The van der Waals surface area contributed by atoms with Crippen molar-refractivity contribution >= 4 is 34.6 Å². The summed E-state index contributed by atoms with van der Waals surface area (Å²) in [5, 5.41) is 0. The Kier molecular flexibility index (Phi) is 4.71. The van der Waals surface area contributed by atoms with Crippen molar-refractivity contribution in [3.05, 3.63) is 42.5 Å². The van der Waals surface area contributed by atoms with Gasteiger partial charge in [-0.1, -0.05) is 11.8 Å².